The normalized spacial score (nSPS) is 14.4. The van der Waals surface area contributed by atoms with Crippen LogP contribution in [-0.2, 0) is 19.7 Å². The Bertz CT molecular complexity index is 1790. The molecule has 240 valence electrons. The zero-order chi connectivity index (χ0) is 33.7. The van der Waals surface area contributed by atoms with Crippen molar-refractivity contribution in [2.45, 2.75) is 32.6 Å². The Kier molecular flexibility index (Phi) is 9.46. The number of Topliss-reactive ketones (excluding diaryl/α,β-unsaturated/α-hetero) is 1. The molecule has 0 aliphatic carbocycles. The maximum Gasteiger partial charge on any atom is 0.343 e. The van der Waals surface area contributed by atoms with E-state index in [1.54, 1.807) is 24.3 Å². The highest BCUT2D eigenvalue weighted by molar-refractivity contribution is 6.01. The first-order chi connectivity index (χ1) is 22.4. The zero-order valence-corrected chi connectivity index (χ0v) is 26.0. The van der Waals surface area contributed by atoms with Crippen LogP contribution in [0, 0.1) is 16.0 Å². The van der Waals surface area contributed by atoms with Crippen molar-refractivity contribution in [3.8, 4) is 17.2 Å². The summed E-state index contributed by atoms with van der Waals surface area (Å²) in [5.41, 5.74) is 2.04. The van der Waals surface area contributed by atoms with Crippen molar-refractivity contribution in [1.29, 1.82) is 0 Å². The lowest BCUT2D eigenvalue weighted by molar-refractivity contribution is -0.384. The lowest BCUT2D eigenvalue weighted by Gasteiger charge is -2.19. The molecule has 1 amide bonds. The standard InChI is InChI=1S/C36H32N2O9/c1-36(2,3)26-8-16-29(17-9-26)46-30-18-12-27(13-19-30)37-21-25(20-33(37)40)34(41)45-22-32(39)23-6-14-31(15-7-23)47-35(42)24-4-10-28(11-5-24)38(43)44/h4-19,25H,20-22H2,1-3H3/t25-/m0/s1. The summed E-state index contributed by atoms with van der Waals surface area (Å²) < 4.78 is 16.4. The van der Waals surface area contributed by atoms with E-state index in [4.69, 9.17) is 14.2 Å². The fourth-order valence-electron chi connectivity index (χ4n) is 4.90. The van der Waals surface area contributed by atoms with E-state index in [9.17, 15) is 29.3 Å². The summed E-state index contributed by atoms with van der Waals surface area (Å²) in [6.45, 7) is 6.03. The van der Waals surface area contributed by atoms with E-state index in [0.29, 0.717) is 17.2 Å². The van der Waals surface area contributed by atoms with E-state index in [1.165, 1.54) is 59.0 Å². The van der Waals surface area contributed by atoms with Gasteiger partial charge >= 0.3 is 11.9 Å². The van der Waals surface area contributed by atoms with E-state index in [-0.39, 0.29) is 46.9 Å². The van der Waals surface area contributed by atoms with Gasteiger partial charge in [0.15, 0.2) is 12.4 Å². The van der Waals surface area contributed by atoms with Crippen LogP contribution in [0.3, 0.4) is 0 Å². The molecule has 0 radical (unpaired) electrons. The number of benzene rings is 4. The fourth-order valence-corrected chi connectivity index (χ4v) is 4.90. The highest BCUT2D eigenvalue weighted by Gasteiger charge is 2.36. The molecule has 0 saturated carbocycles. The Morgan fingerprint density at radius 1 is 0.809 bits per heavy atom. The number of carbonyl (C=O) groups is 4. The molecule has 1 aliphatic heterocycles. The van der Waals surface area contributed by atoms with Crippen molar-refractivity contribution in [1.82, 2.24) is 0 Å². The van der Waals surface area contributed by atoms with Gasteiger partial charge in [-0.1, -0.05) is 32.9 Å². The minimum atomic E-state index is -0.728. The van der Waals surface area contributed by atoms with Gasteiger partial charge in [0.1, 0.15) is 17.2 Å². The highest BCUT2D eigenvalue weighted by atomic mass is 16.6. The summed E-state index contributed by atoms with van der Waals surface area (Å²) in [4.78, 5) is 62.2. The summed E-state index contributed by atoms with van der Waals surface area (Å²) in [6, 6.07) is 25.5. The van der Waals surface area contributed by atoms with E-state index >= 15 is 0 Å². The maximum atomic E-state index is 12.7. The molecule has 1 heterocycles. The number of hydrogen-bond acceptors (Lipinski definition) is 9. The molecule has 1 atom stereocenters. The highest BCUT2D eigenvalue weighted by Crippen LogP contribution is 2.30. The SMILES string of the molecule is CC(C)(C)c1ccc(Oc2ccc(N3C[C@@H](C(=O)OCC(=O)c4ccc(OC(=O)c5ccc([N+](=O)[O-])cc5)cc4)CC3=O)cc2)cc1. The predicted octanol–water partition coefficient (Wildman–Crippen LogP) is 6.68. The molecule has 1 aliphatic rings. The number of carbonyl (C=O) groups excluding carboxylic acids is 4. The van der Waals surface area contributed by atoms with Crippen molar-refractivity contribution >= 4 is 35.0 Å². The Balaban J connectivity index is 1.09. The molecule has 11 heteroatoms. The van der Waals surface area contributed by atoms with Crippen molar-refractivity contribution in [2.24, 2.45) is 5.92 Å². The first-order valence-corrected chi connectivity index (χ1v) is 14.8. The summed E-state index contributed by atoms with van der Waals surface area (Å²) in [7, 11) is 0. The first-order valence-electron chi connectivity index (χ1n) is 14.8. The van der Waals surface area contributed by atoms with Crippen molar-refractivity contribution < 1.29 is 38.3 Å². The van der Waals surface area contributed by atoms with Gasteiger partial charge in [-0.3, -0.25) is 24.5 Å². The van der Waals surface area contributed by atoms with Gasteiger partial charge in [-0.2, -0.15) is 0 Å². The molecule has 4 aromatic rings. The minimum Gasteiger partial charge on any atom is -0.457 e. The molecule has 1 fully saturated rings. The van der Waals surface area contributed by atoms with Crippen molar-refractivity contribution in [3.63, 3.8) is 0 Å². The number of nitro benzene ring substituents is 1. The van der Waals surface area contributed by atoms with Crippen LogP contribution in [0.5, 0.6) is 17.2 Å². The fraction of sp³-hybridized carbons (Fsp3) is 0.222. The molecule has 4 aromatic carbocycles. The van der Waals surface area contributed by atoms with Gasteiger partial charge in [0.2, 0.25) is 5.91 Å². The Morgan fingerprint density at radius 2 is 1.36 bits per heavy atom. The van der Waals surface area contributed by atoms with Gasteiger partial charge in [-0.15, -0.1) is 0 Å². The summed E-state index contributed by atoms with van der Waals surface area (Å²) in [6.07, 6.45) is -0.0414. The number of ketones is 1. The van der Waals surface area contributed by atoms with Gasteiger partial charge < -0.3 is 19.1 Å². The van der Waals surface area contributed by atoms with E-state index in [0.717, 1.165) is 0 Å². The van der Waals surface area contributed by atoms with Gasteiger partial charge in [0.05, 0.1) is 16.4 Å². The summed E-state index contributed by atoms with van der Waals surface area (Å²) in [5, 5.41) is 10.8. The second kappa shape index (κ2) is 13.7. The number of non-ortho nitro benzene ring substituents is 1. The minimum absolute atomic E-state index is 0.0384. The zero-order valence-electron chi connectivity index (χ0n) is 26.0. The monoisotopic (exact) mass is 636 g/mol. The predicted molar refractivity (Wildman–Crippen MR) is 172 cm³/mol. The molecule has 5 rings (SSSR count). The molecule has 0 unspecified atom stereocenters. The van der Waals surface area contributed by atoms with Crippen LogP contribution in [0.15, 0.2) is 97.1 Å². The number of ether oxygens (including phenoxy) is 3. The van der Waals surface area contributed by atoms with Gasteiger partial charge in [-0.05, 0) is 83.8 Å². The van der Waals surface area contributed by atoms with Gasteiger partial charge in [0.25, 0.3) is 5.69 Å². The number of nitrogens with zero attached hydrogens (tertiary/aromatic N) is 2. The molecule has 0 aromatic heterocycles. The number of nitro groups is 1. The third-order valence-electron chi connectivity index (χ3n) is 7.61. The van der Waals surface area contributed by atoms with Crippen LogP contribution < -0.4 is 14.4 Å². The van der Waals surface area contributed by atoms with E-state index in [2.05, 4.69) is 20.8 Å². The smallest absolute Gasteiger partial charge is 0.343 e. The third kappa shape index (κ3) is 8.06. The summed E-state index contributed by atoms with van der Waals surface area (Å²) >= 11 is 0. The van der Waals surface area contributed by atoms with Gasteiger partial charge in [0, 0.05) is 36.3 Å². The molecular weight excluding hydrogens is 604 g/mol. The number of rotatable bonds is 10. The molecule has 0 N–H and O–H groups in total. The molecular formula is C36H32N2O9. The van der Waals surface area contributed by atoms with Crippen LogP contribution in [0.4, 0.5) is 11.4 Å². The Morgan fingerprint density at radius 3 is 1.94 bits per heavy atom. The number of esters is 2. The number of hydrogen-bond donors (Lipinski definition) is 0. The number of amides is 1. The Labute approximate surface area is 270 Å². The molecule has 11 nitrogen and oxygen atoms in total. The van der Waals surface area contributed by atoms with E-state index in [1.807, 2.05) is 24.3 Å². The lowest BCUT2D eigenvalue weighted by Crippen LogP contribution is -2.27. The average Bonchev–Trinajstić information content (AvgIpc) is 3.45. The summed E-state index contributed by atoms with van der Waals surface area (Å²) in [5.74, 6) is -1.36. The second-order valence-electron chi connectivity index (χ2n) is 12.0. The second-order valence-corrected chi connectivity index (χ2v) is 12.0. The topological polar surface area (TPSA) is 142 Å². The van der Waals surface area contributed by atoms with Crippen LogP contribution in [-0.4, -0.2) is 41.7 Å². The van der Waals surface area contributed by atoms with Crippen molar-refractivity contribution in [3.05, 3.63) is 124 Å². The van der Waals surface area contributed by atoms with E-state index < -0.39 is 35.2 Å². The molecule has 0 spiro atoms. The largest absolute Gasteiger partial charge is 0.457 e. The van der Waals surface area contributed by atoms with Crippen molar-refractivity contribution in [2.75, 3.05) is 18.1 Å². The quantitative estimate of drug-likeness (QED) is 0.0612. The molecule has 0 bridgehead atoms. The van der Waals surface area contributed by atoms with Gasteiger partial charge in [-0.25, -0.2) is 4.79 Å². The van der Waals surface area contributed by atoms with Crippen LogP contribution in [0.25, 0.3) is 0 Å². The van der Waals surface area contributed by atoms with Crippen LogP contribution >= 0.6 is 0 Å². The number of anilines is 1. The van der Waals surface area contributed by atoms with Crippen LogP contribution in [0.2, 0.25) is 0 Å². The molecule has 47 heavy (non-hydrogen) atoms. The lowest BCUT2D eigenvalue weighted by atomic mass is 9.87. The van der Waals surface area contributed by atoms with Crippen LogP contribution in [0.1, 0.15) is 53.5 Å². The average molecular weight is 637 g/mol. The Hall–Kier alpha value is -5.84. The molecule has 1 saturated heterocycles. The maximum absolute atomic E-state index is 12.7. The third-order valence-corrected chi connectivity index (χ3v) is 7.61. The first kappa shape index (κ1) is 32.6.